The number of hydrogen-bond donors (Lipinski definition) is 1. The highest BCUT2D eigenvalue weighted by Crippen LogP contribution is 2.33. The molecule has 7 heteroatoms. The fourth-order valence-electron chi connectivity index (χ4n) is 2.81. The van der Waals surface area contributed by atoms with Gasteiger partial charge in [-0.2, -0.15) is 5.26 Å². The SMILES string of the molecule is COc1cccc(/C=C(\C#N)C(=O)Nc2cccc(I)c2)c1OCc1cccc(Cl)c1. The van der Waals surface area contributed by atoms with Crippen LogP contribution >= 0.6 is 34.2 Å². The van der Waals surface area contributed by atoms with Crippen LogP contribution in [0.5, 0.6) is 11.5 Å². The second-order valence-corrected chi connectivity index (χ2v) is 8.11. The average molecular weight is 545 g/mol. The first-order valence-electron chi connectivity index (χ1n) is 9.23. The molecular weight excluding hydrogens is 527 g/mol. The fourth-order valence-corrected chi connectivity index (χ4v) is 3.57. The minimum atomic E-state index is -0.506. The molecule has 0 fully saturated rings. The molecule has 0 aliphatic heterocycles. The Labute approximate surface area is 199 Å². The van der Waals surface area contributed by atoms with Crippen LogP contribution in [0.3, 0.4) is 0 Å². The predicted molar refractivity (Wildman–Crippen MR) is 130 cm³/mol. The molecule has 1 amide bonds. The van der Waals surface area contributed by atoms with E-state index in [1.807, 2.05) is 42.5 Å². The molecule has 5 nitrogen and oxygen atoms in total. The van der Waals surface area contributed by atoms with Crippen molar-refractivity contribution in [2.45, 2.75) is 6.61 Å². The summed E-state index contributed by atoms with van der Waals surface area (Å²) in [5.74, 6) is 0.416. The standard InChI is InChI=1S/C24H18ClIN2O3/c1-30-22-10-3-6-17(23(22)31-15-16-5-2-7-19(25)11-16)12-18(14-27)24(29)28-21-9-4-8-20(26)13-21/h2-13H,15H2,1H3,(H,28,29)/b18-12+. The number of benzene rings is 3. The zero-order chi connectivity index (χ0) is 22.2. The number of halogens is 2. The lowest BCUT2D eigenvalue weighted by Gasteiger charge is -2.14. The number of carbonyl (C=O) groups excluding carboxylic acids is 1. The second kappa shape index (κ2) is 10.8. The summed E-state index contributed by atoms with van der Waals surface area (Å²) < 4.78 is 12.4. The molecule has 0 aromatic heterocycles. The van der Waals surface area contributed by atoms with Crippen molar-refractivity contribution < 1.29 is 14.3 Å². The maximum absolute atomic E-state index is 12.7. The summed E-state index contributed by atoms with van der Waals surface area (Å²) in [4.78, 5) is 12.7. The molecule has 0 saturated carbocycles. The zero-order valence-corrected chi connectivity index (χ0v) is 19.5. The molecule has 0 bridgehead atoms. The quantitative estimate of drug-likeness (QED) is 0.222. The van der Waals surface area contributed by atoms with Crippen molar-refractivity contribution in [3.05, 3.63) is 92.0 Å². The first kappa shape index (κ1) is 22.7. The lowest BCUT2D eigenvalue weighted by molar-refractivity contribution is -0.112. The number of rotatable bonds is 7. The maximum atomic E-state index is 12.7. The molecule has 0 saturated heterocycles. The molecule has 0 radical (unpaired) electrons. The summed E-state index contributed by atoms with van der Waals surface area (Å²) in [7, 11) is 1.53. The van der Waals surface area contributed by atoms with Gasteiger partial charge in [0.15, 0.2) is 11.5 Å². The van der Waals surface area contributed by atoms with E-state index in [1.54, 1.807) is 30.3 Å². The fraction of sp³-hybridized carbons (Fsp3) is 0.0833. The Balaban J connectivity index is 1.88. The lowest BCUT2D eigenvalue weighted by atomic mass is 10.1. The van der Waals surface area contributed by atoms with E-state index in [0.29, 0.717) is 27.8 Å². The van der Waals surface area contributed by atoms with Crippen molar-refractivity contribution in [1.82, 2.24) is 0 Å². The van der Waals surface area contributed by atoms with Gasteiger partial charge >= 0.3 is 0 Å². The molecular formula is C24H18ClIN2O3. The summed E-state index contributed by atoms with van der Waals surface area (Å²) in [5, 5.41) is 12.9. The van der Waals surface area contributed by atoms with Gasteiger partial charge in [0.1, 0.15) is 18.2 Å². The predicted octanol–water partition coefficient (Wildman–Crippen LogP) is 6.08. The summed E-state index contributed by atoms with van der Waals surface area (Å²) in [5.41, 5.74) is 1.99. The van der Waals surface area contributed by atoms with E-state index in [9.17, 15) is 10.1 Å². The Hall–Kier alpha value is -3.02. The first-order chi connectivity index (χ1) is 15.0. The van der Waals surface area contributed by atoms with Gasteiger partial charge in [0, 0.05) is 19.8 Å². The van der Waals surface area contributed by atoms with E-state index in [4.69, 9.17) is 21.1 Å². The average Bonchev–Trinajstić information content (AvgIpc) is 2.76. The van der Waals surface area contributed by atoms with Crippen LogP contribution in [0, 0.1) is 14.9 Å². The number of nitrogens with zero attached hydrogens (tertiary/aromatic N) is 1. The molecule has 0 atom stereocenters. The number of anilines is 1. The normalized spacial score (nSPS) is 10.8. The number of methoxy groups -OCH3 is 1. The highest BCUT2D eigenvalue weighted by Gasteiger charge is 2.14. The van der Waals surface area contributed by atoms with E-state index < -0.39 is 5.91 Å². The smallest absolute Gasteiger partial charge is 0.266 e. The third kappa shape index (κ3) is 6.23. The molecule has 0 unspecified atom stereocenters. The third-order valence-corrected chi connectivity index (χ3v) is 5.15. The number of nitrogens with one attached hydrogen (secondary N) is 1. The summed E-state index contributed by atoms with van der Waals surface area (Å²) >= 11 is 8.20. The van der Waals surface area contributed by atoms with Crippen LogP contribution in [0.2, 0.25) is 5.02 Å². The van der Waals surface area contributed by atoms with Crippen LogP contribution in [0.15, 0.2) is 72.3 Å². The van der Waals surface area contributed by atoms with Gasteiger partial charge in [0.2, 0.25) is 0 Å². The minimum Gasteiger partial charge on any atom is -0.493 e. The van der Waals surface area contributed by atoms with Gasteiger partial charge in [-0.05, 0) is 70.6 Å². The van der Waals surface area contributed by atoms with Gasteiger partial charge in [-0.25, -0.2) is 0 Å². The van der Waals surface area contributed by atoms with Crippen LogP contribution in [-0.4, -0.2) is 13.0 Å². The van der Waals surface area contributed by atoms with Crippen LogP contribution in [0.4, 0.5) is 5.69 Å². The Morgan fingerprint density at radius 2 is 1.94 bits per heavy atom. The van der Waals surface area contributed by atoms with Crippen LogP contribution in [-0.2, 0) is 11.4 Å². The molecule has 3 aromatic rings. The molecule has 0 aliphatic rings. The number of amides is 1. The van der Waals surface area contributed by atoms with E-state index >= 15 is 0 Å². The Morgan fingerprint density at radius 3 is 2.65 bits per heavy atom. The maximum Gasteiger partial charge on any atom is 0.266 e. The van der Waals surface area contributed by atoms with Gasteiger partial charge in [-0.1, -0.05) is 41.9 Å². The van der Waals surface area contributed by atoms with E-state index in [2.05, 4.69) is 27.9 Å². The molecule has 0 heterocycles. The van der Waals surface area contributed by atoms with Crippen LogP contribution in [0.1, 0.15) is 11.1 Å². The minimum absolute atomic E-state index is 0.0558. The van der Waals surface area contributed by atoms with Crippen LogP contribution < -0.4 is 14.8 Å². The zero-order valence-electron chi connectivity index (χ0n) is 16.6. The van der Waals surface area contributed by atoms with Gasteiger partial charge in [0.25, 0.3) is 5.91 Å². The number of para-hydroxylation sites is 1. The number of hydrogen-bond acceptors (Lipinski definition) is 4. The van der Waals surface area contributed by atoms with Crippen LogP contribution in [0.25, 0.3) is 6.08 Å². The molecule has 3 aromatic carbocycles. The number of nitriles is 1. The molecule has 3 rings (SSSR count). The van der Waals surface area contributed by atoms with Crippen molar-refractivity contribution in [3.8, 4) is 17.6 Å². The Bertz CT molecular complexity index is 1170. The first-order valence-corrected chi connectivity index (χ1v) is 10.7. The van der Waals surface area contributed by atoms with E-state index in [1.165, 1.54) is 13.2 Å². The Kier molecular flexibility index (Phi) is 7.93. The largest absolute Gasteiger partial charge is 0.493 e. The summed E-state index contributed by atoms with van der Waals surface area (Å²) in [6.07, 6.45) is 1.49. The molecule has 31 heavy (non-hydrogen) atoms. The van der Waals surface area contributed by atoms with Crippen molar-refractivity contribution in [3.63, 3.8) is 0 Å². The number of ether oxygens (including phenoxy) is 2. The molecule has 1 N–H and O–H groups in total. The van der Waals surface area contributed by atoms with Gasteiger partial charge in [0.05, 0.1) is 7.11 Å². The summed E-state index contributed by atoms with van der Waals surface area (Å²) in [6.45, 7) is 0.248. The third-order valence-electron chi connectivity index (χ3n) is 4.25. The van der Waals surface area contributed by atoms with Gasteiger partial charge < -0.3 is 14.8 Å². The Morgan fingerprint density at radius 1 is 1.16 bits per heavy atom. The monoisotopic (exact) mass is 544 g/mol. The highest BCUT2D eigenvalue weighted by atomic mass is 127. The van der Waals surface area contributed by atoms with Crippen molar-refractivity contribution in [2.75, 3.05) is 12.4 Å². The van der Waals surface area contributed by atoms with Crippen molar-refractivity contribution in [2.24, 2.45) is 0 Å². The topological polar surface area (TPSA) is 71.3 Å². The summed E-state index contributed by atoms with van der Waals surface area (Å²) in [6, 6.07) is 21.9. The molecule has 0 spiro atoms. The van der Waals surface area contributed by atoms with E-state index in [0.717, 1.165) is 9.13 Å². The van der Waals surface area contributed by atoms with Crippen molar-refractivity contribution in [1.29, 1.82) is 5.26 Å². The van der Waals surface area contributed by atoms with Gasteiger partial charge in [-0.3, -0.25) is 4.79 Å². The second-order valence-electron chi connectivity index (χ2n) is 6.43. The van der Waals surface area contributed by atoms with Crippen molar-refractivity contribution >= 4 is 51.9 Å². The van der Waals surface area contributed by atoms with Gasteiger partial charge in [-0.15, -0.1) is 0 Å². The molecule has 0 aliphatic carbocycles. The van der Waals surface area contributed by atoms with E-state index in [-0.39, 0.29) is 12.2 Å². The lowest BCUT2D eigenvalue weighted by Crippen LogP contribution is -2.13. The number of carbonyl (C=O) groups is 1. The highest BCUT2D eigenvalue weighted by molar-refractivity contribution is 14.1. The molecule has 156 valence electrons.